The molecule has 0 aromatic carbocycles. The molecule has 3 heterocycles. The molecule has 0 radical (unpaired) electrons. The summed E-state index contributed by atoms with van der Waals surface area (Å²) in [5.74, 6) is -2.72. The third-order valence-corrected chi connectivity index (χ3v) is 9.20. The second kappa shape index (κ2) is 12.4. The number of carbonyl (C=O) groups is 3. The van der Waals surface area contributed by atoms with Crippen molar-refractivity contribution in [3.63, 3.8) is 0 Å². The van der Waals surface area contributed by atoms with Crippen molar-refractivity contribution in [3.8, 4) is 0 Å². The first-order valence-electron chi connectivity index (χ1n) is 13.5. The Balaban J connectivity index is 2.03. The highest BCUT2D eigenvalue weighted by Crippen LogP contribution is 2.61. The number of hydrogen-bond donors (Lipinski definition) is 1. The molecule has 1 spiro atoms. The Morgan fingerprint density at radius 3 is 2.57 bits per heavy atom. The molecule has 3 aliphatic rings. The minimum absolute atomic E-state index is 0.0568. The number of aliphatic hydroxyl groups is 1. The van der Waals surface area contributed by atoms with Crippen LogP contribution in [0, 0.1) is 17.8 Å². The van der Waals surface area contributed by atoms with E-state index < -0.39 is 41.6 Å². The number of carbonyl (C=O) groups excluding carboxylic acids is 3. The molecule has 1 N–H and O–H groups in total. The van der Waals surface area contributed by atoms with Crippen LogP contribution in [0.2, 0.25) is 0 Å². The second-order valence-electron chi connectivity index (χ2n) is 10.9. The normalized spacial score (nSPS) is 31.8. The average Bonchev–Trinajstić information content (AvgIpc) is 3.45. The van der Waals surface area contributed by atoms with Crippen LogP contribution in [-0.2, 0) is 23.9 Å². The topological polar surface area (TPSA) is 96.4 Å². The number of aliphatic hydroxyl groups excluding tert-OH is 1. The predicted octanol–water partition coefficient (Wildman–Crippen LogP) is 3.46. The quantitative estimate of drug-likeness (QED) is 0.146. The lowest BCUT2D eigenvalue weighted by atomic mass is 9.70. The van der Waals surface area contributed by atoms with Crippen LogP contribution in [0.15, 0.2) is 25.3 Å². The Hall–Kier alpha value is -1.71. The lowest BCUT2D eigenvalue weighted by Crippen LogP contribution is -2.60. The minimum atomic E-state index is -1.17. The molecular weight excluding hydrogens is 540 g/mol. The van der Waals surface area contributed by atoms with Crippen LogP contribution in [-0.4, -0.2) is 87.1 Å². The van der Waals surface area contributed by atoms with E-state index in [9.17, 15) is 19.5 Å². The molecule has 0 saturated carbocycles. The first-order chi connectivity index (χ1) is 17.6. The van der Waals surface area contributed by atoms with Crippen LogP contribution in [0.3, 0.4) is 0 Å². The molecule has 3 fully saturated rings. The zero-order valence-corrected chi connectivity index (χ0v) is 24.2. The fourth-order valence-corrected chi connectivity index (χ4v) is 7.24. The van der Waals surface area contributed by atoms with Gasteiger partial charge in [-0.15, -0.1) is 13.2 Å². The summed E-state index contributed by atoms with van der Waals surface area (Å²) in [4.78, 5) is 44.8. The molecule has 2 amide bonds. The average molecular weight is 584 g/mol. The van der Waals surface area contributed by atoms with Crippen LogP contribution in [0.1, 0.15) is 59.8 Å². The molecule has 3 saturated heterocycles. The molecule has 37 heavy (non-hydrogen) atoms. The fourth-order valence-electron chi connectivity index (χ4n) is 6.30. The molecule has 0 aromatic heterocycles. The molecule has 3 unspecified atom stereocenters. The molecule has 2 bridgehead atoms. The Kier molecular flexibility index (Phi) is 10.0. The number of rotatable bonds is 14. The van der Waals surface area contributed by atoms with Crippen molar-refractivity contribution in [3.05, 3.63) is 25.3 Å². The summed E-state index contributed by atoms with van der Waals surface area (Å²) >= 11 is 3.68. The maximum Gasteiger partial charge on any atom is 0.312 e. The number of esters is 1. The molecule has 3 rings (SSSR count). The lowest BCUT2D eigenvalue weighted by Gasteiger charge is -2.41. The molecule has 8 atom stereocenters. The number of ether oxygens (including phenoxy) is 2. The van der Waals surface area contributed by atoms with Crippen molar-refractivity contribution in [2.24, 2.45) is 17.8 Å². The van der Waals surface area contributed by atoms with E-state index in [0.29, 0.717) is 19.4 Å². The monoisotopic (exact) mass is 582 g/mol. The summed E-state index contributed by atoms with van der Waals surface area (Å²) in [6.07, 6.45) is 6.48. The van der Waals surface area contributed by atoms with Gasteiger partial charge in [-0.1, -0.05) is 48.4 Å². The van der Waals surface area contributed by atoms with Gasteiger partial charge in [0.1, 0.15) is 11.6 Å². The summed E-state index contributed by atoms with van der Waals surface area (Å²) in [6.45, 7) is 15.6. The molecule has 9 heteroatoms. The minimum Gasteiger partial charge on any atom is -0.465 e. The van der Waals surface area contributed by atoms with Crippen LogP contribution in [0.5, 0.6) is 0 Å². The van der Waals surface area contributed by atoms with Gasteiger partial charge in [-0.3, -0.25) is 14.4 Å². The number of halogens is 1. The largest absolute Gasteiger partial charge is 0.465 e. The van der Waals surface area contributed by atoms with Crippen molar-refractivity contribution >= 4 is 33.7 Å². The van der Waals surface area contributed by atoms with Crippen molar-refractivity contribution in [2.75, 3.05) is 19.8 Å². The molecule has 0 aromatic rings. The first kappa shape index (κ1) is 29.8. The highest BCUT2D eigenvalue weighted by Gasteiger charge is 2.77. The van der Waals surface area contributed by atoms with Crippen LogP contribution in [0.4, 0.5) is 0 Å². The van der Waals surface area contributed by atoms with Gasteiger partial charge in [-0.05, 0) is 45.4 Å². The lowest BCUT2D eigenvalue weighted by molar-refractivity contribution is -0.157. The number of likely N-dealkylation sites (tertiary alicyclic amines) is 1. The number of unbranched alkanes of at least 4 members (excludes halogenated alkanes) is 2. The summed E-state index contributed by atoms with van der Waals surface area (Å²) in [5, 5.41) is 10.4. The summed E-state index contributed by atoms with van der Waals surface area (Å²) in [5.41, 5.74) is -1.17. The van der Waals surface area contributed by atoms with Gasteiger partial charge in [0.05, 0.1) is 37.2 Å². The maximum absolute atomic E-state index is 14.2. The molecule has 0 aliphatic carbocycles. The van der Waals surface area contributed by atoms with E-state index in [1.165, 1.54) is 0 Å². The number of amides is 2. The van der Waals surface area contributed by atoms with Gasteiger partial charge in [0, 0.05) is 17.4 Å². The standard InChI is InChI=1S/C28H43BrN2O6/c1-7-10-11-12-14-36-27(35)21-22-25(33)31(20(16-32)18(6)9-3)24(26(34)30(13-8-2)17(4)5)28(22)15-19(29)23(21)37-28/h7-8,17-24,32H,1-2,9-16H2,3-6H3/t18-,19?,20-,21-,22-,23-,24?,28?/m0/s1. The van der Waals surface area contributed by atoms with Crippen molar-refractivity contribution in [1.29, 1.82) is 0 Å². The van der Waals surface area contributed by atoms with E-state index in [2.05, 4.69) is 29.1 Å². The van der Waals surface area contributed by atoms with Gasteiger partial charge >= 0.3 is 5.97 Å². The van der Waals surface area contributed by atoms with Gasteiger partial charge in [-0.2, -0.15) is 0 Å². The maximum atomic E-state index is 14.2. The van der Waals surface area contributed by atoms with Gasteiger partial charge in [-0.25, -0.2) is 0 Å². The number of allylic oxidation sites excluding steroid dienone is 1. The van der Waals surface area contributed by atoms with Crippen molar-refractivity contribution in [1.82, 2.24) is 9.80 Å². The van der Waals surface area contributed by atoms with Gasteiger partial charge in [0.2, 0.25) is 11.8 Å². The molecular formula is C28H43BrN2O6. The number of hydrogen-bond acceptors (Lipinski definition) is 6. The Labute approximate surface area is 229 Å². The van der Waals surface area contributed by atoms with Crippen LogP contribution < -0.4 is 0 Å². The zero-order valence-electron chi connectivity index (χ0n) is 22.6. The van der Waals surface area contributed by atoms with Crippen LogP contribution in [0.25, 0.3) is 0 Å². The SMILES string of the molecule is C=CCCCCOC(=O)[C@H]1[C@H]2C(=O)N([C@@H](CO)[C@@H](C)CC)C(C(=O)N(CC=C)C(C)C)C23CC(Br)[C@@H]1O3. The van der Waals surface area contributed by atoms with E-state index in [-0.39, 0.29) is 41.8 Å². The number of alkyl halides is 1. The van der Waals surface area contributed by atoms with E-state index in [1.807, 2.05) is 33.8 Å². The number of nitrogens with zero attached hydrogens (tertiary/aromatic N) is 2. The summed E-state index contributed by atoms with van der Waals surface area (Å²) < 4.78 is 12.2. The fraction of sp³-hybridized carbons (Fsp3) is 0.750. The van der Waals surface area contributed by atoms with Gasteiger partial charge in [0.15, 0.2) is 0 Å². The van der Waals surface area contributed by atoms with E-state index in [0.717, 1.165) is 19.3 Å². The Bertz CT molecular complexity index is 881. The van der Waals surface area contributed by atoms with E-state index in [1.54, 1.807) is 15.9 Å². The highest BCUT2D eigenvalue weighted by atomic mass is 79.9. The van der Waals surface area contributed by atoms with Crippen LogP contribution >= 0.6 is 15.9 Å². The molecule has 8 nitrogen and oxygen atoms in total. The van der Waals surface area contributed by atoms with E-state index in [4.69, 9.17) is 9.47 Å². The molecule has 3 aliphatic heterocycles. The third-order valence-electron chi connectivity index (χ3n) is 8.36. The third kappa shape index (κ3) is 5.28. The Morgan fingerprint density at radius 2 is 2.00 bits per heavy atom. The van der Waals surface area contributed by atoms with Crippen molar-refractivity contribution in [2.45, 2.75) is 94.5 Å². The van der Waals surface area contributed by atoms with Gasteiger partial charge < -0.3 is 24.4 Å². The summed E-state index contributed by atoms with van der Waals surface area (Å²) in [7, 11) is 0. The zero-order chi connectivity index (χ0) is 27.5. The Morgan fingerprint density at radius 1 is 1.30 bits per heavy atom. The highest BCUT2D eigenvalue weighted by molar-refractivity contribution is 9.09. The van der Waals surface area contributed by atoms with Gasteiger partial charge in [0.25, 0.3) is 0 Å². The second-order valence-corrected chi connectivity index (χ2v) is 12.0. The predicted molar refractivity (Wildman–Crippen MR) is 145 cm³/mol. The summed E-state index contributed by atoms with van der Waals surface area (Å²) in [6, 6.07) is -1.66. The smallest absolute Gasteiger partial charge is 0.312 e. The van der Waals surface area contributed by atoms with Crippen molar-refractivity contribution < 1.29 is 29.0 Å². The number of fused-ring (bicyclic) bond motifs is 1. The first-order valence-corrected chi connectivity index (χ1v) is 14.5. The molecule has 208 valence electrons. The van der Waals surface area contributed by atoms with E-state index >= 15 is 0 Å².